The van der Waals surface area contributed by atoms with Crippen LogP contribution in [0, 0.1) is 0 Å². The molecular weight excluding hydrogens is 759 g/mol. The van der Waals surface area contributed by atoms with Crippen LogP contribution in [0.1, 0.15) is 42.2 Å². The predicted octanol–water partition coefficient (Wildman–Crippen LogP) is 7.19. The Labute approximate surface area is 314 Å². The molecule has 51 heavy (non-hydrogen) atoms. The third-order valence-electron chi connectivity index (χ3n) is 9.85. The van der Waals surface area contributed by atoms with E-state index in [0.29, 0.717) is 54.9 Å². The number of anilines is 2. The van der Waals surface area contributed by atoms with Crippen LogP contribution in [0.5, 0.6) is 11.5 Å². The molecule has 10 nitrogen and oxygen atoms in total. The second-order valence-electron chi connectivity index (χ2n) is 13.0. The minimum atomic E-state index is -0.593. The standard InChI is InChI=1S/C38H39BrCl2N4O6/c1-42(35(49)18-39)14-15-43(2)38(50)51-32-17-30-37(28-11-6-4-9-26(28)32)24(20-41)22-45(30)34(48)13-7-12-33(47)44-21-23(19-40)36-27-10-5-3-8-25(27)31(46)16-29(36)44/h3-6,8-11,16-17,23-24,46H,7,12-15,18-22H2,1-2H3/t23-,24?/m1/s1. The Balaban J connectivity index is 1.17. The number of ether oxygens (including phenoxy) is 1. The number of nitrogens with zero attached hydrogens (tertiary/aromatic N) is 4. The lowest BCUT2D eigenvalue weighted by molar-refractivity contribution is -0.127. The molecule has 0 saturated heterocycles. The summed E-state index contributed by atoms with van der Waals surface area (Å²) >= 11 is 16.0. The van der Waals surface area contributed by atoms with Gasteiger partial charge in [-0.15, -0.1) is 23.2 Å². The molecule has 6 rings (SSSR count). The molecule has 1 N–H and O–H groups in total. The second kappa shape index (κ2) is 15.7. The summed E-state index contributed by atoms with van der Waals surface area (Å²) in [6.45, 7) is 1.37. The number of likely N-dealkylation sites (N-methyl/N-ethyl adjacent to an activating group) is 2. The number of carbonyl (C=O) groups is 4. The van der Waals surface area contributed by atoms with E-state index in [1.807, 2.05) is 48.5 Å². The maximum absolute atomic E-state index is 13.8. The monoisotopic (exact) mass is 796 g/mol. The van der Waals surface area contributed by atoms with Crippen molar-refractivity contribution in [3.05, 3.63) is 71.8 Å². The molecule has 0 bridgehead atoms. The van der Waals surface area contributed by atoms with Crippen LogP contribution in [0.25, 0.3) is 21.5 Å². The Morgan fingerprint density at radius 2 is 1.27 bits per heavy atom. The van der Waals surface area contributed by atoms with Gasteiger partial charge in [0.1, 0.15) is 11.5 Å². The van der Waals surface area contributed by atoms with Crippen LogP contribution in [0.4, 0.5) is 16.2 Å². The zero-order valence-electron chi connectivity index (χ0n) is 28.4. The Hall–Kier alpha value is -4.06. The molecule has 0 aromatic heterocycles. The number of rotatable bonds is 11. The van der Waals surface area contributed by atoms with Crippen molar-refractivity contribution in [2.45, 2.75) is 31.1 Å². The number of fused-ring (bicyclic) bond motifs is 6. The summed E-state index contributed by atoms with van der Waals surface area (Å²) in [6, 6.07) is 18.5. The minimum absolute atomic E-state index is 0.0750. The number of carbonyl (C=O) groups excluding carboxylic acids is 4. The third-order valence-corrected chi connectivity index (χ3v) is 11.1. The van der Waals surface area contributed by atoms with Gasteiger partial charge >= 0.3 is 6.09 Å². The molecular formula is C38H39BrCl2N4O6. The van der Waals surface area contributed by atoms with Gasteiger partial charge in [0.05, 0.1) is 16.7 Å². The van der Waals surface area contributed by atoms with Gasteiger partial charge in [-0.2, -0.15) is 0 Å². The van der Waals surface area contributed by atoms with Gasteiger partial charge in [-0.3, -0.25) is 14.4 Å². The van der Waals surface area contributed by atoms with Gasteiger partial charge in [0.25, 0.3) is 0 Å². The fourth-order valence-corrected chi connectivity index (χ4v) is 8.03. The van der Waals surface area contributed by atoms with E-state index >= 15 is 0 Å². The van der Waals surface area contributed by atoms with E-state index in [-0.39, 0.29) is 60.0 Å². The van der Waals surface area contributed by atoms with Crippen molar-refractivity contribution in [3.63, 3.8) is 0 Å². The van der Waals surface area contributed by atoms with Gasteiger partial charge in [0, 0.05) is 99.6 Å². The van der Waals surface area contributed by atoms with Crippen LogP contribution in [-0.2, 0) is 14.4 Å². The van der Waals surface area contributed by atoms with Crippen molar-refractivity contribution in [1.29, 1.82) is 0 Å². The summed E-state index contributed by atoms with van der Waals surface area (Å²) in [5.41, 5.74) is 3.16. The molecule has 13 heteroatoms. The topological polar surface area (TPSA) is 111 Å². The molecule has 2 heterocycles. The molecule has 2 aliphatic rings. The molecule has 0 saturated carbocycles. The lowest BCUT2D eigenvalue weighted by Gasteiger charge is -2.23. The molecule has 2 atom stereocenters. The normalized spacial score (nSPS) is 16.3. The van der Waals surface area contributed by atoms with E-state index in [2.05, 4.69) is 15.9 Å². The van der Waals surface area contributed by atoms with Gasteiger partial charge in [-0.25, -0.2) is 4.79 Å². The summed E-state index contributed by atoms with van der Waals surface area (Å²) in [5, 5.41) is 14.1. The van der Waals surface area contributed by atoms with Crippen LogP contribution in [-0.4, -0.2) is 96.1 Å². The van der Waals surface area contributed by atoms with Crippen LogP contribution >= 0.6 is 39.1 Å². The molecule has 4 aromatic carbocycles. The summed E-state index contributed by atoms with van der Waals surface area (Å²) in [4.78, 5) is 58.8. The highest BCUT2D eigenvalue weighted by Gasteiger charge is 2.36. The molecule has 268 valence electrons. The Bertz CT molecular complexity index is 2010. The highest BCUT2D eigenvalue weighted by atomic mass is 79.9. The zero-order chi connectivity index (χ0) is 36.4. The van der Waals surface area contributed by atoms with Crippen LogP contribution < -0.4 is 14.5 Å². The van der Waals surface area contributed by atoms with E-state index < -0.39 is 6.09 Å². The molecule has 0 fully saturated rings. The van der Waals surface area contributed by atoms with E-state index in [1.165, 1.54) is 9.80 Å². The molecule has 1 unspecified atom stereocenters. The van der Waals surface area contributed by atoms with E-state index in [9.17, 15) is 24.3 Å². The molecule has 4 aromatic rings. The third kappa shape index (κ3) is 7.21. The van der Waals surface area contributed by atoms with Crippen molar-refractivity contribution >= 4 is 95.9 Å². The van der Waals surface area contributed by atoms with Crippen molar-refractivity contribution in [3.8, 4) is 11.5 Å². The number of phenols is 1. The second-order valence-corrected chi connectivity index (χ2v) is 14.2. The van der Waals surface area contributed by atoms with Crippen molar-refractivity contribution in [1.82, 2.24) is 9.80 Å². The number of halogens is 3. The van der Waals surface area contributed by atoms with E-state index in [0.717, 1.165) is 32.7 Å². The summed E-state index contributed by atoms with van der Waals surface area (Å²) in [7, 11) is 3.27. The van der Waals surface area contributed by atoms with Crippen molar-refractivity contribution < 1.29 is 29.0 Å². The van der Waals surface area contributed by atoms with Crippen LogP contribution in [0.3, 0.4) is 0 Å². The number of hydrogen-bond donors (Lipinski definition) is 1. The molecule has 4 amide bonds. The van der Waals surface area contributed by atoms with Gasteiger partial charge in [-0.1, -0.05) is 64.5 Å². The summed E-state index contributed by atoms with van der Waals surface area (Å²) in [5.74, 6) is 0.428. The number of benzene rings is 4. The largest absolute Gasteiger partial charge is 0.507 e. The first-order chi connectivity index (χ1) is 24.6. The lowest BCUT2D eigenvalue weighted by Crippen LogP contribution is -2.38. The maximum atomic E-state index is 13.8. The Morgan fingerprint density at radius 3 is 1.82 bits per heavy atom. The smallest absolute Gasteiger partial charge is 0.415 e. The Morgan fingerprint density at radius 1 is 0.784 bits per heavy atom. The fourth-order valence-electron chi connectivity index (χ4n) is 7.10. The lowest BCUT2D eigenvalue weighted by atomic mass is 9.95. The maximum Gasteiger partial charge on any atom is 0.415 e. The number of phenolic OH excluding ortho intramolecular Hbond substituents is 1. The average Bonchev–Trinajstić information content (AvgIpc) is 3.72. The Kier molecular flexibility index (Phi) is 11.3. The quantitative estimate of drug-likeness (QED) is 0.161. The first kappa shape index (κ1) is 36.7. The van der Waals surface area contributed by atoms with Crippen molar-refractivity contribution in [2.24, 2.45) is 0 Å². The van der Waals surface area contributed by atoms with Crippen molar-refractivity contribution in [2.75, 3.05) is 67.2 Å². The highest BCUT2D eigenvalue weighted by Crippen LogP contribution is 2.47. The SMILES string of the molecule is CN(CCN(C)C(=O)Oc1cc2c(c3ccccc13)C(CCl)CN2C(=O)CCCC(=O)N1C[C@@H](CCl)c2c1cc(O)c1ccccc21)C(=O)CBr. The van der Waals surface area contributed by atoms with Crippen LogP contribution in [0.15, 0.2) is 60.7 Å². The van der Waals surface area contributed by atoms with Crippen LogP contribution in [0.2, 0.25) is 0 Å². The van der Waals surface area contributed by atoms with Gasteiger partial charge in [-0.05, 0) is 28.3 Å². The summed E-state index contributed by atoms with van der Waals surface area (Å²) in [6.07, 6.45) is -0.0207. The van der Waals surface area contributed by atoms with E-state index in [4.69, 9.17) is 27.9 Å². The molecule has 0 spiro atoms. The zero-order valence-corrected chi connectivity index (χ0v) is 31.5. The number of amides is 4. The van der Waals surface area contributed by atoms with Gasteiger partial charge in [0.2, 0.25) is 17.7 Å². The first-order valence-electron chi connectivity index (χ1n) is 16.8. The first-order valence-corrected chi connectivity index (χ1v) is 19.0. The highest BCUT2D eigenvalue weighted by molar-refractivity contribution is 9.09. The molecule has 0 radical (unpaired) electrons. The van der Waals surface area contributed by atoms with Gasteiger partial charge < -0.3 is 29.4 Å². The number of aromatic hydroxyl groups is 1. The molecule has 0 aliphatic carbocycles. The number of hydrogen-bond acceptors (Lipinski definition) is 6. The summed E-state index contributed by atoms with van der Waals surface area (Å²) < 4.78 is 5.91. The molecule has 2 aliphatic heterocycles. The minimum Gasteiger partial charge on any atom is -0.507 e. The average molecular weight is 799 g/mol. The predicted molar refractivity (Wildman–Crippen MR) is 205 cm³/mol. The van der Waals surface area contributed by atoms with Gasteiger partial charge in [0.15, 0.2) is 0 Å². The van der Waals surface area contributed by atoms with E-state index in [1.54, 1.807) is 36.0 Å². The number of alkyl halides is 3. The fraction of sp³-hybridized carbons (Fsp3) is 0.368.